The van der Waals surface area contributed by atoms with Gasteiger partial charge in [0, 0.05) is 18.0 Å². The molecule has 1 N–H and O–H groups in total. The first-order chi connectivity index (χ1) is 13.5. The van der Waals surface area contributed by atoms with Crippen molar-refractivity contribution >= 4 is 21.9 Å². The lowest BCUT2D eigenvalue weighted by molar-refractivity contribution is 0.311. The smallest absolute Gasteiger partial charge is 0.336 e. The van der Waals surface area contributed by atoms with Crippen molar-refractivity contribution in [1.29, 1.82) is 0 Å². The van der Waals surface area contributed by atoms with E-state index in [9.17, 15) is 9.59 Å². The second kappa shape index (κ2) is 7.40. The van der Waals surface area contributed by atoms with Crippen LogP contribution in [0.25, 0.3) is 21.9 Å². The van der Waals surface area contributed by atoms with Crippen molar-refractivity contribution in [3.8, 4) is 0 Å². The van der Waals surface area contributed by atoms with Gasteiger partial charge in [-0.15, -0.1) is 0 Å². The lowest BCUT2D eigenvalue weighted by atomic mass is 10.1. The summed E-state index contributed by atoms with van der Waals surface area (Å²) < 4.78 is 5.37. The van der Waals surface area contributed by atoms with E-state index >= 15 is 0 Å². The van der Waals surface area contributed by atoms with Gasteiger partial charge in [0.1, 0.15) is 11.4 Å². The molecule has 0 aliphatic rings. The van der Waals surface area contributed by atoms with Crippen LogP contribution in [0.3, 0.4) is 0 Å². The van der Waals surface area contributed by atoms with Gasteiger partial charge in [-0.3, -0.25) is 9.69 Å². The van der Waals surface area contributed by atoms with E-state index in [1.165, 1.54) is 6.07 Å². The minimum Gasteiger partial charge on any atom is -0.423 e. The number of rotatable bonds is 5. The van der Waals surface area contributed by atoms with Gasteiger partial charge in [-0.25, -0.2) is 9.78 Å². The average Bonchev–Trinajstić information content (AvgIpc) is 2.67. The first-order valence-electron chi connectivity index (χ1n) is 9.25. The number of aryl methyl sites for hydroxylation is 1. The summed E-state index contributed by atoms with van der Waals surface area (Å²) in [5.41, 5.74) is 2.78. The Morgan fingerprint density at radius 1 is 1.04 bits per heavy atom. The van der Waals surface area contributed by atoms with E-state index < -0.39 is 0 Å². The number of fused-ring (bicyclic) bond motifs is 2. The van der Waals surface area contributed by atoms with Crippen molar-refractivity contribution in [2.45, 2.75) is 26.4 Å². The highest BCUT2D eigenvalue weighted by Crippen LogP contribution is 2.20. The Morgan fingerprint density at radius 3 is 2.68 bits per heavy atom. The summed E-state index contributed by atoms with van der Waals surface area (Å²) in [5.74, 6) is 0.590. The first kappa shape index (κ1) is 18.1. The number of para-hydroxylation sites is 1. The number of nitrogens with one attached hydrogen (secondary N) is 1. The Kier molecular flexibility index (Phi) is 4.79. The molecule has 0 radical (unpaired) electrons. The standard InChI is InChI=1S/C22H21N3O3/c1-3-14-8-9-16-15(11-21(26)28-19(16)10-14)12-25(2)13-20-23-18-7-5-4-6-17(18)22(27)24-20/h4-11H,3,12-13H2,1-2H3,(H,23,24,27). The molecule has 2 aromatic carbocycles. The van der Waals surface area contributed by atoms with E-state index in [0.717, 1.165) is 22.9 Å². The summed E-state index contributed by atoms with van der Waals surface area (Å²) in [6, 6.07) is 14.8. The minimum absolute atomic E-state index is 0.146. The molecule has 0 unspecified atom stereocenters. The first-order valence-corrected chi connectivity index (χ1v) is 9.25. The Labute approximate surface area is 161 Å². The molecule has 142 valence electrons. The van der Waals surface area contributed by atoms with Crippen molar-refractivity contribution < 1.29 is 4.42 Å². The highest BCUT2D eigenvalue weighted by molar-refractivity contribution is 5.81. The molecule has 2 heterocycles. The van der Waals surface area contributed by atoms with Crippen LogP contribution in [0.15, 0.2) is 62.5 Å². The Hall–Kier alpha value is -3.25. The van der Waals surface area contributed by atoms with Crippen LogP contribution in [-0.4, -0.2) is 21.9 Å². The number of benzene rings is 2. The highest BCUT2D eigenvalue weighted by Gasteiger charge is 2.11. The monoisotopic (exact) mass is 375 g/mol. The van der Waals surface area contributed by atoms with Crippen molar-refractivity contribution in [2.24, 2.45) is 0 Å². The predicted molar refractivity (Wildman–Crippen MR) is 109 cm³/mol. The van der Waals surface area contributed by atoms with Crippen molar-refractivity contribution in [1.82, 2.24) is 14.9 Å². The topological polar surface area (TPSA) is 79.2 Å². The van der Waals surface area contributed by atoms with Gasteiger partial charge in [-0.2, -0.15) is 0 Å². The van der Waals surface area contributed by atoms with Crippen LogP contribution >= 0.6 is 0 Å². The van der Waals surface area contributed by atoms with Gasteiger partial charge in [0.25, 0.3) is 5.56 Å². The predicted octanol–water partition coefficient (Wildman–Crippen LogP) is 3.22. The molecule has 4 rings (SSSR count). The quantitative estimate of drug-likeness (QED) is 0.542. The number of nitrogens with zero attached hydrogens (tertiary/aromatic N) is 2. The van der Waals surface area contributed by atoms with E-state index in [4.69, 9.17) is 4.42 Å². The van der Waals surface area contributed by atoms with Crippen LogP contribution in [0.5, 0.6) is 0 Å². The molecule has 0 fully saturated rings. The average molecular weight is 375 g/mol. The zero-order valence-electron chi connectivity index (χ0n) is 15.9. The molecule has 4 aromatic rings. The highest BCUT2D eigenvalue weighted by atomic mass is 16.4. The third kappa shape index (κ3) is 3.59. The molecule has 0 spiro atoms. The van der Waals surface area contributed by atoms with Crippen LogP contribution in [0, 0.1) is 0 Å². The zero-order valence-corrected chi connectivity index (χ0v) is 15.9. The summed E-state index contributed by atoms with van der Waals surface area (Å²) in [5, 5.41) is 1.50. The third-order valence-corrected chi connectivity index (χ3v) is 4.82. The van der Waals surface area contributed by atoms with Gasteiger partial charge >= 0.3 is 5.63 Å². The van der Waals surface area contributed by atoms with Crippen LogP contribution in [-0.2, 0) is 19.5 Å². The third-order valence-electron chi connectivity index (χ3n) is 4.82. The van der Waals surface area contributed by atoms with Crippen molar-refractivity contribution in [3.63, 3.8) is 0 Å². The van der Waals surface area contributed by atoms with Gasteiger partial charge in [-0.1, -0.05) is 31.2 Å². The second-order valence-corrected chi connectivity index (χ2v) is 6.98. The van der Waals surface area contributed by atoms with E-state index in [2.05, 4.69) is 16.9 Å². The molecule has 6 heteroatoms. The van der Waals surface area contributed by atoms with Crippen molar-refractivity contribution in [3.05, 3.63) is 86.3 Å². The van der Waals surface area contributed by atoms with Crippen LogP contribution in [0.1, 0.15) is 23.9 Å². The summed E-state index contributed by atoms with van der Waals surface area (Å²) in [6.07, 6.45) is 0.880. The maximum Gasteiger partial charge on any atom is 0.336 e. The molecule has 0 aliphatic heterocycles. The zero-order chi connectivity index (χ0) is 19.7. The summed E-state index contributed by atoms with van der Waals surface area (Å²) in [6.45, 7) is 3.05. The van der Waals surface area contributed by atoms with Crippen LogP contribution in [0.4, 0.5) is 0 Å². The molecule has 0 aliphatic carbocycles. The van der Waals surface area contributed by atoms with E-state index in [0.29, 0.717) is 35.4 Å². The summed E-state index contributed by atoms with van der Waals surface area (Å²) in [7, 11) is 1.93. The van der Waals surface area contributed by atoms with E-state index in [1.54, 1.807) is 6.07 Å². The summed E-state index contributed by atoms with van der Waals surface area (Å²) in [4.78, 5) is 33.6. The summed E-state index contributed by atoms with van der Waals surface area (Å²) >= 11 is 0. The largest absolute Gasteiger partial charge is 0.423 e. The molecule has 2 aromatic heterocycles. The van der Waals surface area contributed by atoms with E-state index in [1.807, 2.05) is 48.3 Å². The molecular formula is C22H21N3O3. The van der Waals surface area contributed by atoms with Gasteiger partial charge in [0.15, 0.2) is 0 Å². The van der Waals surface area contributed by atoms with Gasteiger partial charge in [0.05, 0.1) is 17.4 Å². The van der Waals surface area contributed by atoms with Crippen molar-refractivity contribution in [2.75, 3.05) is 7.05 Å². The molecule has 0 atom stereocenters. The molecule has 0 saturated heterocycles. The Bertz CT molecular complexity index is 1270. The Morgan fingerprint density at radius 2 is 1.86 bits per heavy atom. The van der Waals surface area contributed by atoms with Gasteiger partial charge in [-0.05, 0) is 42.8 Å². The van der Waals surface area contributed by atoms with Crippen LogP contribution < -0.4 is 11.2 Å². The normalized spacial score (nSPS) is 11.5. The number of H-pyrrole nitrogens is 1. The fraction of sp³-hybridized carbons (Fsp3) is 0.227. The molecule has 0 bridgehead atoms. The fourth-order valence-electron chi connectivity index (χ4n) is 3.44. The maximum absolute atomic E-state index is 12.3. The second-order valence-electron chi connectivity index (χ2n) is 6.98. The fourth-order valence-corrected chi connectivity index (χ4v) is 3.44. The molecule has 6 nitrogen and oxygen atoms in total. The van der Waals surface area contributed by atoms with E-state index in [-0.39, 0.29) is 11.2 Å². The van der Waals surface area contributed by atoms with Crippen LogP contribution in [0.2, 0.25) is 0 Å². The number of hydrogen-bond acceptors (Lipinski definition) is 5. The molecule has 28 heavy (non-hydrogen) atoms. The molecule has 0 amide bonds. The Balaban J connectivity index is 1.63. The SMILES string of the molecule is CCc1ccc2c(CN(C)Cc3nc4ccccc4c(=O)[nH]3)cc(=O)oc2c1. The maximum atomic E-state index is 12.3. The molecular weight excluding hydrogens is 354 g/mol. The minimum atomic E-state index is -0.360. The lowest BCUT2D eigenvalue weighted by Gasteiger charge is -2.17. The molecule has 0 saturated carbocycles. The van der Waals surface area contributed by atoms with Gasteiger partial charge in [0.2, 0.25) is 0 Å². The number of aromatic amines is 1. The number of aromatic nitrogens is 2. The lowest BCUT2D eigenvalue weighted by Crippen LogP contribution is -2.22. The number of hydrogen-bond donors (Lipinski definition) is 1. The van der Waals surface area contributed by atoms with Gasteiger partial charge < -0.3 is 9.40 Å².